The molecule has 1 rings (SSSR count). The van der Waals surface area contributed by atoms with Gasteiger partial charge in [-0.15, -0.1) is 12.4 Å². The SMILES string of the molecule is Cl.NCC(F)(F)CNC(=O)CN1CCCS1(=O)=O. The van der Waals surface area contributed by atoms with Gasteiger partial charge in [-0.25, -0.2) is 17.2 Å². The first-order chi connectivity index (χ1) is 7.77. The first kappa shape index (κ1) is 17.5. The average molecular weight is 308 g/mol. The maximum atomic E-state index is 12.7. The number of nitrogens with two attached hydrogens (primary N) is 1. The van der Waals surface area contributed by atoms with Crippen molar-refractivity contribution in [3.63, 3.8) is 0 Å². The highest BCUT2D eigenvalue weighted by Gasteiger charge is 2.31. The first-order valence-corrected chi connectivity index (χ1v) is 6.70. The lowest BCUT2D eigenvalue weighted by molar-refractivity contribution is -0.123. The van der Waals surface area contributed by atoms with Crippen LogP contribution in [0.2, 0.25) is 0 Å². The smallest absolute Gasteiger partial charge is 0.277 e. The number of halogens is 3. The number of carbonyl (C=O) groups is 1. The summed E-state index contributed by atoms with van der Waals surface area (Å²) in [4.78, 5) is 11.3. The molecule has 0 spiro atoms. The Morgan fingerprint density at radius 3 is 2.50 bits per heavy atom. The molecule has 18 heavy (non-hydrogen) atoms. The molecule has 0 unspecified atom stereocenters. The molecule has 0 saturated carbocycles. The van der Waals surface area contributed by atoms with Gasteiger partial charge in [0.15, 0.2) is 0 Å². The van der Waals surface area contributed by atoms with Crippen molar-refractivity contribution in [2.75, 3.05) is 31.9 Å². The Morgan fingerprint density at radius 1 is 1.44 bits per heavy atom. The number of hydrogen-bond acceptors (Lipinski definition) is 4. The molecule has 0 bridgehead atoms. The second kappa shape index (κ2) is 6.60. The van der Waals surface area contributed by atoms with E-state index >= 15 is 0 Å². The number of alkyl halides is 2. The molecule has 0 aromatic carbocycles. The maximum absolute atomic E-state index is 12.7. The lowest BCUT2D eigenvalue weighted by Gasteiger charge is -2.17. The second-order valence-electron chi connectivity index (χ2n) is 3.84. The zero-order chi connectivity index (χ0) is 13.1. The standard InChI is InChI=1S/C8H15F2N3O3S.ClH/c9-8(10,5-11)6-12-7(14)4-13-2-1-3-17(13,15)16;/h1-6,11H2,(H,12,14);1H. The van der Waals surface area contributed by atoms with Gasteiger partial charge in [-0.1, -0.05) is 0 Å². The normalized spacial score (nSPS) is 19.3. The van der Waals surface area contributed by atoms with E-state index in [0.717, 1.165) is 4.31 Å². The summed E-state index contributed by atoms with van der Waals surface area (Å²) >= 11 is 0. The van der Waals surface area contributed by atoms with E-state index in [9.17, 15) is 22.0 Å². The Balaban J connectivity index is 0.00000289. The Hall–Kier alpha value is -0.510. The number of carbonyl (C=O) groups excluding carboxylic acids is 1. The van der Waals surface area contributed by atoms with E-state index in [2.05, 4.69) is 0 Å². The van der Waals surface area contributed by atoms with Crippen molar-refractivity contribution in [1.29, 1.82) is 0 Å². The predicted molar refractivity (Wildman–Crippen MR) is 64.2 cm³/mol. The highest BCUT2D eigenvalue weighted by molar-refractivity contribution is 7.89. The fourth-order valence-corrected chi connectivity index (χ4v) is 2.86. The topological polar surface area (TPSA) is 92.5 Å². The summed E-state index contributed by atoms with van der Waals surface area (Å²) in [6, 6.07) is 0. The minimum absolute atomic E-state index is 0. The van der Waals surface area contributed by atoms with Crippen molar-refractivity contribution in [2.24, 2.45) is 5.73 Å². The molecular weight excluding hydrogens is 292 g/mol. The monoisotopic (exact) mass is 307 g/mol. The third kappa shape index (κ3) is 5.01. The largest absolute Gasteiger partial charge is 0.349 e. The number of rotatable bonds is 5. The summed E-state index contributed by atoms with van der Waals surface area (Å²) in [5.74, 6) is -3.91. The van der Waals surface area contributed by atoms with Crippen molar-refractivity contribution in [3.8, 4) is 0 Å². The Kier molecular flexibility index (Phi) is 6.41. The van der Waals surface area contributed by atoms with E-state index in [-0.39, 0.29) is 24.7 Å². The molecule has 1 fully saturated rings. The van der Waals surface area contributed by atoms with Gasteiger partial charge in [0.25, 0.3) is 5.92 Å². The van der Waals surface area contributed by atoms with Crippen molar-refractivity contribution in [3.05, 3.63) is 0 Å². The lowest BCUT2D eigenvalue weighted by Crippen LogP contribution is -2.45. The summed E-state index contributed by atoms with van der Waals surface area (Å²) in [5.41, 5.74) is 4.79. The number of hydrogen-bond donors (Lipinski definition) is 2. The van der Waals surface area contributed by atoms with Gasteiger partial charge < -0.3 is 11.1 Å². The van der Waals surface area contributed by atoms with Crippen LogP contribution in [-0.2, 0) is 14.8 Å². The summed E-state index contributed by atoms with van der Waals surface area (Å²) in [6.45, 7) is -1.91. The van der Waals surface area contributed by atoms with E-state index < -0.39 is 41.5 Å². The zero-order valence-corrected chi connectivity index (χ0v) is 11.2. The molecule has 0 aromatic rings. The van der Waals surface area contributed by atoms with Crippen LogP contribution in [0.3, 0.4) is 0 Å². The van der Waals surface area contributed by atoms with Crippen LogP contribution in [0.5, 0.6) is 0 Å². The molecule has 1 saturated heterocycles. The van der Waals surface area contributed by atoms with E-state index in [1.807, 2.05) is 5.32 Å². The van der Waals surface area contributed by atoms with Crippen molar-refractivity contribution >= 4 is 28.3 Å². The van der Waals surface area contributed by atoms with Gasteiger partial charge in [-0.2, -0.15) is 4.31 Å². The van der Waals surface area contributed by atoms with Crippen LogP contribution in [0.25, 0.3) is 0 Å². The Bertz CT molecular complexity index is 391. The Morgan fingerprint density at radius 2 is 2.06 bits per heavy atom. The van der Waals surface area contributed by atoms with E-state index in [4.69, 9.17) is 5.73 Å². The quantitative estimate of drug-likeness (QED) is 0.692. The molecule has 1 heterocycles. The maximum Gasteiger partial charge on any atom is 0.277 e. The van der Waals surface area contributed by atoms with E-state index in [1.165, 1.54) is 0 Å². The molecule has 0 atom stereocenters. The van der Waals surface area contributed by atoms with Crippen molar-refractivity contribution in [1.82, 2.24) is 9.62 Å². The molecular formula is C8H16ClF2N3O3S. The van der Waals surface area contributed by atoms with Gasteiger partial charge in [0.05, 0.1) is 25.4 Å². The fourth-order valence-electron chi connectivity index (χ4n) is 1.39. The summed E-state index contributed by atoms with van der Waals surface area (Å²) in [7, 11) is -3.38. The van der Waals surface area contributed by atoms with Gasteiger partial charge in [-0.3, -0.25) is 4.79 Å². The molecule has 0 aliphatic carbocycles. The van der Waals surface area contributed by atoms with E-state index in [1.54, 1.807) is 0 Å². The van der Waals surface area contributed by atoms with Gasteiger partial charge in [0, 0.05) is 6.54 Å². The van der Waals surface area contributed by atoms with Gasteiger partial charge in [-0.05, 0) is 6.42 Å². The number of sulfonamides is 1. The molecule has 6 nitrogen and oxygen atoms in total. The number of amides is 1. The second-order valence-corrected chi connectivity index (χ2v) is 5.93. The van der Waals surface area contributed by atoms with Crippen LogP contribution >= 0.6 is 12.4 Å². The van der Waals surface area contributed by atoms with E-state index in [0.29, 0.717) is 6.42 Å². The lowest BCUT2D eigenvalue weighted by atomic mass is 10.3. The molecule has 10 heteroatoms. The van der Waals surface area contributed by atoms with Gasteiger partial charge in [0.1, 0.15) is 0 Å². The average Bonchev–Trinajstić information content (AvgIpc) is 2.56. The van der Waals surface area contributed by atoms with Crippen LogP contribution in [0, 0.1) is 0 Å². The van der Waals surface area contributed by atoms with Crippen LogP contribution in [0.15, 0.2) is 0 Å². The van der Waals surface area contributed by atoms with Crippen LogP contribution in [-0.4, -0.2) is 56.5 Å². The summed E-state index contributed by atoms with van der Waals surface area (Å²) in [5, 5.41) is 1.96. The highest BCUT2D eigenvalue weighted by atomic mass is 35.5. The first-order valence-electron chi connectivity index (χ1n) is 5.09. The highest BCUT2D eigenvalue weighted by Crippen LogP contribution is 2.12. The molecule has 0 radical (unpaired) electrons. The molecule has 3 N–H and O–H groups in total. The van der Waals surface area contributed by atoms with Crippen molar-refractivity contribution in [2.45, 2.75) is 12.3 Å². The Labute approximate surface area is 110 Å². The van der Waals surface area contributed by atoms with Gasteiger partial charge >= 0.3 is 0 Å². The third-order valence-electron chi connectivity index (χ3n) is 2.37. The minimum atomic E-state index is -3.38. The van der Waals surface area contributed by atoms with Crippen molar-refractivity contribution < 1.29 is 22.0 Å². The number of nitrogens with zero attached hydrogens (tertiary/aromatic N) is 1. The molecule has 108 valence electrons. The number of nitrogens with one attached hydrogen (secondary N) is 1. The zero-order valence-electron chi connectivity index (χ0n) is 9.56. The molecule has 1 aliphatic heterocycles. The predicted octanol–water partition coefficient (Wildman–Crippen LogP) is -0.846. The summed E-state index contributed by atoms with van der Waals surface area (Å²) in [6.07, 6.45) is 0.453. The molecule has 1 amide bonds. The molecule has 0 aromatic heterocycles. The third-order valence-corrected chi connectivity index (χ3v) is 4.27. The van der Waals surface area contributed by atoms with Gasteiger partial charge in [0.2, 0.25) is 15.9 Å². The minimum Gasteiger partial charge on any atom is -0.349 e. The van der Waals surface area contributed by atoms with Crippen LogP contribution in [0.4, 0.5) is 8.78 Å². The molecule has 1 aliphatic rings. The van der Waals surface area contributed by atoms with Crippen LogP contribution in [0.1, 0.15) is 6.42 Å². The fraction of sp³-hybridized carbons (Fsp3) is 0.875. The van der Waals surface area contributed by atoms with Crippen LogP contribution < -0.4 is 11.1 Å². The summed E-state index contributed by atoms with van der Waals surface area (Å²) < 4.78 is 49.1.